The second-order valence-corrected chi connectivity index (χ2v) is 8.47. The van der Waals surface area contributed by atoms with Gasteiger partial charge in [0.25, 0.3) is 0 Å². The number of amides is 1. The molecule has 2 saturated heterocycles. The Balaban J connectivity index is 1.82. The summed E-state index contributed by atoms with van der Waals surface area (Å²) in [7, 11) is 2.20. The summed E-state index contributed by atoms with van der Waals surface area (Å²) < 4.78 is 5.71. The van der Waals surface area contributed by atoms with Crippen LogP contribution in [0.15, 0.2) is 30.3 Å². The Morgan fingerprint density at radius 2 is 1.88 bits per heavy atom. The summed E-state index contributed by atoms with van der Waals surface area (Å²) in [6, 6.07) is 10.7. The molecule has 0 aliphatic carbocycles. The van der Waals surface area contributed by atoms with Crippen molar-refractivity contribution in [1.82, 2.24) is 9.80 Å². The molecular formula is C20H30N2O2. The van der Waals surface area contributed by atoms with Crippen LogP contribution in [-0.2, 0) is 11.2 Å². The van der Waals surface area contributed by atoms with Crippen molar-refractivity contribution in [2.24, 2.45) is 11.8 Å². The lowest BCUT2D eigenvalue weighted by Gasteiger charge is -2.50. The molecule has 1 amide bonds. The van der Waals surface area contributed by atoms with Crippen molar-refractivity contribution < 1.29 is 9.53 Å². The van der Waals surface area contributed by atoms with E-state index in [1.807, 2.05) is 31.7 Å². The Kier molecular flexibility index (Phi) is 4.86. The van der Waals surface area contributed by atoms with Gasteiger partial charge in [-0.1, -0.05) is 30.3 Å². The predicted molar refractivity (Wildman–Crippen MR) is 96.0 cm³/mol. The molecule has 0 radical (unpaired) electrons. The average Bonchev–Trinajstić information content (AvgIpc) is 2.48. The van der Waals surface area contributed by atoms with Gasteiger partial charge in [-0.05, 0) is 58.1 Å². The van der Waals surface area contributed by atoms with E-state index < -0.39 is 5.60 Å². The highest BCUT2D eigenvalue weighted by molar-refractivity contribution is 5.69. The summed E-state index contributed by atoms with van der Waals surface area (Å²) in [6.45, 7) is 8.77. The number of hydrogen-bond acceptors (Lipinski definition) is 3. The number of carbonyl (C=O) groups excluding carboxylic acids is 1. The van der Waals surface area contributed by atoms with E-state index in [1.165, 1.54) is 12.0 Å². The van der Waals surface area contributed by atoms with Crippen LogP contribution >= 0.6 is 0 Å². The van der Waals surface area contributed by atoms with Crippen molar-refractivity contribution in [3.8, 4) is 0 Å². The molecule has 24 heavy (non-hydrogen) atoms. The molecule has 2 bridgehead atoms. The molecule has 2 fully saturated rings. The fourth-order valence-electron chi connectivity index (χ4n) is 4.23. The van der Waals surface area contributed by atoms with Gasteiger partial charge in [0, 0.05) is 25.7 Å². The number of carbonyl (C=O) groups is 1. The minimum atomic E-state index is -0.447. The van der Waals surface area contributed by atoms with E-state index in [4.69, 9.17) is 4.74 Å². The fourth-order valence-corrected chi connectivity index (χ4v) is 4.23. The van der Waals surface area contributed by atoms with Crippen LogP contribution in [0.2, 0.25) is 0 Å². The zero-order valence-electron chi connectivity index (χ0n) is 15.4. The summed E-state index contributed by atoms with van der Waals surface area (Å²) in [5, 5.41) is 0. The van der Waals surface area contributed by atoms with Gasteiger partial charge in [0.1, 0.15) is 5.60 Å². The molecule has 1 aromatic rings. The zero-order valence-corrected chi connectivity index (χ0v) is 15.4. The Bertz CT molecular complexity index is 565. The highest BCUT2D eigenvalue weighted by Crippen LogP contribution is 2.35. The summed E-state index contributed by atoms with van der Waals surface area (Å²) in [4.78, 5) is 17.3. The topological polar surface area (TPSA) is 32.8 Å². The molecule has 1 aromatic carbocycles. The molecule has 3 rings (SSSR count). The molecule has 132 valence electrons. The van der Waals surface area contributed by atoms with Crippen LogP contribution in [0, 0.1) is 11.8 Å². The van der Waals surface area contributed by atoms with Crippen LogP contribution in [0.4, 0.5) is 4.79 Å². The lowest BCUT2D eigenvalue weighted by Crippen LogP contribution is -2.59. The number of hydrogen-bond donors (Lipinski definition) is 0. The first kappa shape index (κ1) is 17.3. The number of fused-ring (bicyclic) bond motifs is 2. The Hall–Kier alpha value is -1.55. The second kappa shape index (κ2) is 6.75. The van der Waals surface area contributed by atoms with Gasteiger partial charge in [0.2, 0.25) is 0 Å². The van der Waals surface area contributed by atoms with Crippen LogP contribution < -0.4 is 0 Å². The number of likely N-dealkylation sites (tertiary alicyclic amines) is 2. The Morgan fingerprint density at radius 1 is 1.17 bits per heavy atom. The third-order valence-electron chi connectivity index (χ3n) is 5.07. The highest BCUT2D eigenvalue weighted by Gasteiger charge is 2.43. The van der Waals surface area contributed by atoms with E-state index in [0.29, 0.717) is 11.8 Å². The first-order valence-electron chi connectivity index (χ1n) is 9.04. The molecule has 3 atom stereocenters. The first-order valence-corrected chi connectivity index (χ1v) is 9.04. The van der Waals surface area contributed by atoms with Crippen molar-refractivity contribution in [2.45, 2.75) is 45.3 Å². The fraction of sp³-hybridized carbons (Fsp3) is 0.650. The van der Waals surface area contributed by atoms with Crippen LogP contribution in [0.1, 0.15) is 32.8 Å². The van der Waals surface area contributed by atoms with Gasteiger partial charge >= 0.3 is 6.09 Å². The summed E-state index contributed by atoms with van der Waals surface area (Å²) in [5.74, 6) is 1.09. The number of piperidine rings is 2. The van der Waals surface area contributed by atoms with E-state index >= 15 is 0 Å². The van der Waals surface area contributed by atoms with Gasteiger partial charge in [-0.25, -0.2) is 4.79 Å². The molecule has 4 nitrogen and oxygen atoms in total. The van der Waals surface area contributed by atoms with Crippen LogP contribution in [-0.4, -0.2) is 54.2 Å². The number of nitrogens with zero attached hydrogens (tertiary/aromatic N) is 2. The van der Waals surface area contributed by atoms with Crippen molar-refractivity contribution >= 4 is 6.09 Å². The van der Waals surface area contributed by atoms with Gasteiger partial charge in [0.15, 0.2) is 0 Å². The molecule has 0 aromatic heterocycles. The van der Waals surface area contributed by atoms with Crippen molar-refractivity contribution in [3.05, 3.63) is 35.9 Å². The maximum Gasteiger partial charge on any atom is 0.410 e. The third kappa shape index (κ3) is 4.10. The van der Waals surface area contributed by atoms with E-state index in [1.54, 1.807) is 0 Å². The second-order valence-electron chi connectivity index (χ2n) is 8.47. The molecular weight excluding hydrogens is 300 g/mol. The smallest absolute Gasteiger partial charge is 0.410 e. The first-order chi connectivity index (χ1) is 11.3. The normalized spacial score (nSPS) is 27.8. The van der Waals surface area contributed by atoms with Crippen molar-refractivity contribution in [3.63, 3.8) is 0 Å². The largest absolute Gasteiger partial charge is 0.444 e. The van der Waals surface area contributed by atoms with E-state index in [0.717, 1.165) is 26.1 Å². The number of benzene rings is 1. The molecule has 4 heteroatoms. The van der Waals surface area contributed by atoms with E-state index in [-0.39, 0.29) is 12.1 Å². The van der Waals surface area contributed by atoms with Crippen LogP contribution in [0.3, 0.4) is 0 Å². The minimum Gasteiger partial charge on any atom is -0.444 e. The molecule has 2 heterocycles. The van der Waals surface area contributed by atoms with Crippen LogP contribution in [0.5, 0.6) is 0 Å². The van der Waals surface area contributed by atoms with E-state index in [9.17, 15) is 4.79 Å². The Morgan fingerprint density at radius 3 is 2.54 bits per heavy atom. The van der Waals surface area contributed by atoms with Gasteiger partial charge in [-0.15, -0.1) is 0 Å². The predicted octanol–water partition coefficient (Wildman–Crippen LogP) is 3.42. The summed E-state index contributed by atoms with van der Waals surface area (Å²) in [5.41, 5.74) is 0.848. The maximum absolute atomic E-state index is 12.8. The third-order valence-corrected chi connectivity index (χ3v) is 5.07. The molecule has 2 aliphatic rings. The average molecular weight is 330 g/mol. The standard InChI is InChI=1S/C20H30N2O2/c1-20(2,3)24-19(23)22-13-16-10-17(14-21(4)12-16)18(22)11-15-8-6-5-7-9-15/h5-9,16-18H,10-14H2,1-4H3/t16-,17+,18-/m1/s1. The van der Waals surface area contributed by atoms with Gasteiger partial charge in [-0.3, -0.25) is 0 Å². The quantitative estimate of drug-likeness (QED) is 0.833. The molecule has 2 aliphatic heterocycles. The van der Waals surface area contributed by atoms with Gasteiger partial charge < -0.3 is 14.5 Å². The zero-order chi connectivity index (χ0) is 17.3. The molecule has 0 N–H and O–H groups in total. The summed E-state index contributed by atoms with van der Waals surface area (Å²) >= 11 is 0. The molecule has 0 saturated carbocycles. The van der Waals surface area contributed by atoms with Crippen molar-refractivity contribution in [2.75, 3.05) is 26.7 Å². The maximum atomic E-state index is 12.8. The molecule has 0 spiro atoms. The Labute approximate surface area is 145 Å². The number of rotatable bonds is 2. The van der Waals surface area contributed by atoms with Crippen LogP contribution in [0.25, 0.3) is 0 Å². The SMILES string of the molecule is CN1C[C@H]2C[C@@H](C1)[C@@H](Cc1ccccc1)N(C(=O)OC(C)(C)C)C2. The lowest BCUT2D eigenvalue weighted by atomic mass is 9.77. The van der Waals surface area contributed by atoms with Crippen molar-refractivity contribution in [1.29, 1.82) is 0 Å². The van der Waals surface area contributed by atoms with E-state index in [2.05, 4.69) is 36.2 Å². The molecule has 0 unspecified atom stereocenters. The lowest BCUT2D eigenvalue weighted by molar-refractivity contribution is -0.0321. The summed E-state index contributed by atoms with van der Waals surface area (Å²) in [6.07, 6.45) is 1.98. The van der Waals surface area contributed by atoms with Gasteiger partial charge in [-0.2, -0.15) is 0 Å². The highest BCUT2D eigenvalue weighted by atomic mass is 16.6. The monoisotopic (exact) mass is 330 g/mol. The minimum absolute atomic E-state index is 0.150. The van der Waals surface area contributed by atoms with Gasteiger partial charge in [0.05, 0.1) is 0 Å². The number of ether oxygens (including phenoxy) is 1.